The fourth-order valence-electron chi connectivity index (χ4n) is 1.77. The summed E-state index contributed by atoms with van der Waals surface area (Å²) in [7, 11) is 0. The van der Waals surface area contributed by atoms with E-state index in [-0.39, 0.29) is 0 Å². The number of rotatable bonds is 4. The molecule has 3 rings (SSSR count). The molecule has 1 aliphatic carbocycles. The third-order valence-electron chi connectivity index (χ3n) is 2.85. The van der Waals surface area contributed by atoms with Crippen molar-refractivity contribution in [1.29, 1.82) is 0 Å². The van der Waals surface area contributed by atoms with Gasteiger partial charge in [-0.3, -0.25) is 0 Å². The van der Waals surface area contributed by atoms with Crippen molar-refractivity contribution < 1.29 is 4.74 Å². The van der Waals surface area contributed by atoms with E-state index >= 15 is 0 Å². The predicted octanol–water partition coefficient (Wildman–Crippen LogP) is 3.42. The summed E-state index contributed by atoms with van der Waals surface area (Å²) in [6, 6.07) is 10.5. The maximum Gasteiger partial charge on any atom is 0.120 e. The van der Waals surface area contributed by atoms with E-state index in [4.69, 9.17) is 10.5 Å². The molecule has 3 heteroatoms. The highest BCUT2D eigenvalue weighted by atomic mass is 32.1. The highest BCUT2D eigenvalue weighted by Gasteiger charge is 2.23. The number of hydrogen-bond acceptors (Lipinski definition) is 3. The molecule has 0 saturated heterocycles. The Morgan fingerprint density at radius 1 is 1.24 bits per heavy atom. The first-order valence-electron chi connectivity index (χ1n) is 5.90. The largest absolute Gasteiger partial charge is 0.490 e. The lowest BCUT2D eigenvalue weighted by molar-refractivity contribution is 0.303. The molecule has 0 radical (unpaired) electrons. The lowest BCUT2D eigenvalue weighted by Crippen LogP contribution is -1.95. The molecule has 2 aromatic rings. The Labute approximate surface area is 105 Å². The average Bonchev–Trinajstić information content (AvgIpc) is 3.04. The maximum absolute atomic E-state index is 5.80. The molecule has 1 aromatic carbocycles. The Morgan fingerprint density at radius 3 is 2.82 bits per heavy atom. The van der Waals surface area contributed by atoms with Crippen molar-refractivity contribution in [2.24, 2.45) is 5.73 Å². The van der Waals surface area contributed by atoms with Crippen LogP contribution in [0.25, 0.3) is 11.1 Å². The normalized spacial score (nSPS) is 14.9. The van der Waals surface area contributed by atoms with Crippen LogP contribution in [0.1, 0.15) is 17.7 Å². The second kappa shape index (κ2) is 4.51. The van der Waals surface area contributed by atoms with Crippen LogP contribution in [0, 0.1) is 0 Å². The summed E-state index contributed by atoms with van der Waals surface area (Å²) in [5.74, 6) is 0.977. The van der Waals surface area contributed by atoms with Gasteiger partial charge in [0.1, 0.15) is 5.75 Å². The second-order valence-corrected chi connectivity index (χ2v) is 5.35. The number of nitrogens with two attached hydrogens (primary N) is 1. The van der Waals surface area contributed by atoms with Crippen LogP contribution < -0.4 is 10.5 Å². The summed E-state index contributed by atoms with van der Waals surface area (Å²) in [5, 5.41) is 2.15. The van der Waals surface area contributed by atoms with Crippen molar-refractivity contribution in [2.45, 2.75) is 25.5 Å². The van der Waals surface area contributed by atoms with Crippen LogP contribution in [0.2, 0.25) is 0 Å². The molecule has 1 aliphatic rings. The summed E-state index contributed by atoms with van der Waals surface area (Å²) in [6.07, 6.45) is 2.84. The minimum atomic E-state index is 0.451. The summed E-state index contributed by atoms with van der Waals surface area (Å²) in [4.78, 5) is 1.22. The van der Waals surface area contributed by atoms with E-state index in [9.17, 15) is 0 Å². The molecule has 1 saturated carbocycles. The standard InChI is InChI=1S/C14H15NOS/c15-8-14-7-11(9-17-14)10-2-1-3-13(6-10)16-12-4-5-12/h1-3,6-7,9,12H,4-5,8,15H2. The second-order valence-electron chi connectivity index (χ2n) is 4.35. The van der Waals surface area contributed by atoms with Gasteiger partial charge in [0.2, 0.25) is 0 Å². The van der Waals surface area contributed by atoms with E-state index in [2.05, 4.69) is 23.6 Å². The molecule has 2 nitrogen and oxygen atoms in total. The van der Waals surface area contributed by atoms with Crippen LogP contribution in [-0.4, -0.2) is 6.10 Å². The van der Waals surface area contributed by atoms with E-state index in [0.29, 0.717) is 12.6 Å². The molecule has 0 aliphatic heterocycles. The van der Waals surface area contributed by atoms with Gasteiger partial charge in [0.05, 0.1) is 6.10 Å². The highest BCUT2D eigenvalue weighted by molar-refractivity contribution is 7.10. The number of hydrogen-bond donors (Lipinski definition) is 1. The molecule has 0 amide bonds. The highest BCUT2D eigenvalue weighted by Crippen LogP contribution is 2.31. The molecular formula is C14H15NOS. The Hall–Kier alpha value is -1.32. The molecule has 1 aromatic heterocycles. The summed E-state index contributed by atoms with van der Waals surface area (Å²) < 4.78 is 5.80. The van der Waals surface area contributed by atoms with Gasteiger partial charge in [-0.1, -0.05) is 12.1 Å². The molecule has 17 heavy (non-hydrogen) atoms. The first-order chi connectivity index (χ1) is 8.35. The van der Waals surface area contributed by atoms with Crippen molar-refractivity contribution in [2.75, 3.05) is 0 Å². The van der Waals surface area contributed by atoms with Crippen LogP contribution in [-0.2, 0) is 6.54 Å². The van der Waals surface area contributed by atoms with E-state index < -0.39 is 0 Å². The SMILES string of the molecule is NCc1cc(-c2cccc(OC3CC3)c2)cs1. The molecule has 2 N–H and O–H groups in total. The van der Waals surface area contributed by atoms with Gasteiger partial charge in [-0.05, 0) is 47.5 Å². The molecule has 88 valence electrons. The van der Waals surface area contributed by atoms with E-state index in [1.54, 1.807) is 11.3 Å². The van der Waals surface area contributed by atoms with Gasteiger partial charge in [-0.25, -0.2) is 0 Å². The lowest BCUT2D eigenvalue weighted by atomic mass is 10.1. The fraction of sp³-hybridized carbons (Fsp3) is 0.286. The van der Waals surface area contributed by atoms with Crippen LogP contribution in [0.5, 0.6) is 5.75 Å². The topological polar surface area (TPSA) is 35.2 Å². The zero-order valence-electron chi connectivity index (χ0n) is 9.56. The van der Waals surface area contributed by atoms with Crippen LogP contribution in [0.3, 0.4) is 0 Å². The minimum absolute atomic E-state index is 0.451. The van der Waals surface area contributed by atoms with E-state index in [1.807, 2.05) is 12.1 Å². The predicted molar refractivity (Wildman–Crippen MR) is 71.3 cm³/mol. The molecular weight excluding hydrogens is 230 g/mol. The van der Waals surface area contributed by atoms with Gasteiger partial charge in [0.25, 0.3) is 0 Å². The third-order valence-corrected chi connectivity index (χ3v) is 3.81. The Bertz CT molecular complexity index is 516. The third kappa shape index (κ3) is 2.51. The van der Waals surface area contributed by atoms with Gasteiger partial charge >= 0.3 is 0 Å². The zero-order valence-corrected chi connectivity index (χ0v) is 10.4. The van der Waals surface area contributed by atoms with Crippen LogP contribution in [0.15, 0.2) is 35.7 Å². The Kier molecular flexibility index (Phi) is 2.87. The van der Waals surface area contributed by atoms with Gasteiger partial charge < -0.3 is 10.5 Å². The fourth-order valence-corrected chi connectivity index (χ4v) is 2.54. The van der Waals surface area contributed by atoms with Crippen molar-refractivity contribution in [1.82, 2.24) is 0 Å². The summed E-state index contributed by atoms with van der Waals surface area (Å²) in [5.41, 5.74) is 8.07. The van der Waals surface area contributed by atoms with Gasteiger partial charge in [-0.15, -0.1) is 11.3 Å². The first kappa shape index (κ1) is 10.8. The monoisotopic (exact) mass is 245 g/mol. The summed E-state index contributed by atoms with van der Waals surface area (Å²) in [6.45, 7) is 0.614. The molecule has 0 unspecified atom stereocenters. The van der Waals surface area contributed by atoms with Gasteiger partial charge in [0.15, 0.2) is 0 Å². The lowest BCUT2D eigenvalue weighted by Gasteiger charge is -2.05. The molecule has 0 bridgehead atoms. The van der Waals surface area contributed by atoms with Crippen molar-refractivity contribution in [3.63, 3.8) is 0 Å². The van der Waals surface area contributed by atoms with Crippen molar-refractivity contribution in [3.8, 4) is 16.9 Å². The zero-order chi connectivity index (χ0) is 11.7. The number of ether oxygens (including phenoxy) is 1. The maximum atomic E-state index is 5.80. The number of thiophene rings is 1. The van der Waals surface area contributed by atoms with Crippen molar-refractivity contribution in [3.05, 3.63) is 40.6 Å². The molecule has 0 spiro atoms. The van der Waals surface area contributed by atoms with Crippen molar-refractivity contribution >= 4 is 11.3 Å². The smallest absolute Gasteiger partial charge is 0.120 e. The minimum Gasteiger partial charge on any atom is -0.490 e. The molecule has 1 heterocycles. The van der Waals surface area contributed by atoms with E-state index in [0.717, 1.165) is 5.75 Å². The molecule has 1 fully saturated rings. The summed E-state index contributed by atoms with van der Waals surface area (Å²) >= 11 is 1.71. The van der Waals surface area contributed by atoms with Crippen LogP contribution in [0.4, 0.5) is 0 Å². The quantitative estimate of drug-likeness (QED) is 0.895. The Morgan fingerprint density at radius 2 is 2.12 bits per heavy atom. The average molecular weight is 245 g/mol. The van der Waals surface area contributed by atoms with E-state index in [1.165, 1.54) is 28.8 Å². The number of benzene rings is 1. The van der Waals surface area contributed by atoms with Crippen LogP contribution >= 0.6 is 11.3 Å². The first-order valence-corrected chi connectivity index (χ1v) is 6.77. The van der Waals surface area contributed by atoms with Gasteiger partial charge in [-0.2, -0.15) is 0 Å². The van der Waals surface area contributed by atoms with Gasteiger partial charge in [0, 0.05) is 11.4 Å². The Balaban J connectivity index is 1.85. The molecule has 0 atom stereocenters.